The van der Waals surface area contributed by atoms with E-state index >= 15 is 0 Å². The lowest BCUT2D eigenvalue weighted by Gasteiger charge is -2.14. The molecule has 0 amide bonds. The summed E-state index contributed by atoms with van der Waals surface area (Å²) in [5.74, 6) is 0. The molecule has 2 aliphatic heterocycles. The first-order valence-electron chi connectivity index (χ1n) is 7.46. The predicted octanol–water partition coefficient (Wildman–Crippen LogP) is 2.52. The van der Waals surface area contributed by atoms with E-state index in [4.69, 9.17) is 9.68 Å². The standard InChI is InChI=1S/C17H23N3O2S/c1-11-15(12(2)23-13(3)18-4)14-9-7-8-10-19(14)17-16(11)20(17,21-5)22-6/h7-10,16-18H,2-3H2,1,4-6H3/q+2/t16-,17?/m1/s1. The van der Waals surface area contributed by atoms with Crippen molar-refractivity contribution < 1.29 is 19.1 Å². The zero-order valence-electron chi connectivity index (χ0n) is 14.0. The number of nitrogens with zero attached hydrogens (tertiary/aromatic N) is 2. The smallest absolute Gasteiger partial charge is 0.383 e. The number of aromatic nitrogens is 1. The summed E-state index contributed by atoms with van der Waals surface area (Å²) in [4.78, 5) is 12.5. The molecule has 2 aliphatic rings. The minimum absolute atomic E-state index is 0.107. The van der Waals surface area contributed by atoms with Crippen molar-refractivity contribution in [2.24, 2.45) is 0 Å². The molecule has 0 saturated carbocycles. The monoisotopic (exact) mass is 333 g/mol. The summed E-state index contributed by atoms with van der Waals surface area (Å²) in [6.45, 7) is 10.4. The van der Waals surface area contributed by atoms with Crippen molar-refractivity contribution >= 4 is 17.3 Å². The van der Waals surface area contributed by atoms with E-state index in [2.05, 4.69) is 42.2 Å². The first kappa shape index (κ1) is 16.3. The average molecular weight is 333 g/mol. The van der Waals surface area contributed by atoms with Gasteiger partial charge >= 0.3 is 12.2 Å². The van der Waals surface area contributed by atoms with Gasteiger partial charge in [0.15, 0.2) is 6.20 Å². The molecule has 122 valence electrons. The van der Waals surface area contributed by atoms with Crippen LogP contribution in [0.15, 0.2) is 53.1 Å². The van der Waals surface area contributed by atoms with Gasteiger partial charge in [-0.25, -0.2) is 0 Å². The maximum atomic E-state index is 5.70. The van der Waals surface area contributed by atoms with Gasteiger partial charge in [0.2, 0.25) is 5.69 Å². The number of thioether (sulfide) groups is 1. The van der Waals surface area contributed by atoms with Crippen LogP contribution in [0.2, 0.25) is 0 Å². The number of hydroxylamine groups is 4. The molecule has 0 spiro atoms. The van der Waals surface area contributed by atoms with Gasteiger partial charge in [-0.1, -0.05) is 24.9 Å². The summed E-state index contributed by atoms with van der Waals surface area (Å²) in [5, 5.41) is 3.93. The van der Waals surface area contributed by atoms with Crippen LogP contribution in [0.25, 0.3) is 5.57 Å². The van der Waals surface area contributed by atoms with Crippen molar-refractivity contribution in [2.75, 3.05) is 21.3 Å². The van der Waals surface area contributed by atoms with Gasteiger partial charge in [-0.2, -0.15) is 9.68 Å². The van der Waals surface area contributed by atoms with Crippen LogP contribution in [-0.2, 0) is 9.68 Å². The van der Waals surface area contributed by atoms with E-state index in [1.165, 1.54) is 5.57 Å². The minimum Gasteiger partial charge on any atom is -0.383 e. The molecule has 1 aromatic rings. The molecule has 3 heterocycles. The molecule has 0 aromatic carbocycles. The molecule has 2 atom stereocenters. The van der Waals surface area contributed by atoms with Crippen LogP contribution in [0.5, 0.6) is 0 Å². The van der Waals surface area contributed by atoms with Gasteiger partial charge in [0.05, 0.1) is 24.8 Å². The molecular weight excluding hydrogens is 310 g/mol. The maximum Gasteiger partial charge on any atom is 0.408 e. The number of rotatable bonds is 6. The van der Waals surface area contributed by atoms with Crippen molar-refractivity contribution in [3.8, 4) is 0 Å². The predicted molar refractivity (Wildman–Crippen MR) is 91.3 cm³/mol. The van der Waals surface area contributed by atoms with Crippen molar-refractivity contribution in [1.29, 1.82) is 0 Å². The summed E-state index contributed by atoms with van der Waals surface area (Å²) in [5.41, 5.74) is 3.50. The van der Waals surface area contributed by atoms with Crippen LogP contribution in [-0.4, -0.2) is 32.1 Å². The highest BCUT2D eigenvalue weighted by Crippen LogP contribution is 2.55. The van der Waals surface area contributed by atoms with Crippen molar-refractivity contribution in [2.45, 2.75) is 19.1 Å². The highest BCUT2D eigenvalue weighted by Gasteiger charge is 2.83. The highest BCUT2D eigenvalue weighted by atomic mass is 32.2. The highest BCUT2D eigenvalue weighted by molar-refractivity contribution is 8.07. The van der Waals surface area contributed by atoms with Gasteiger partial charge in [0, 0.05) is 34.5 Å². The second kappa shape index (κ2) is 5.79. The summed E-state index contributed by atoms with van der Waals surface area (Å²) < 4.78 is 2.22. The fraction of sp³-hybridized carbons (Fsp3) is 0.353. The molecule has 0 aliphatic carbocycles. The van der Waals surface area contributed by atoms with E-state index in [1.54, 1.807) is 26.0 Å². The molecule has 0 bridgehead atoms. The van der Waals surface area contributed by atoms with Crippen molar-refractivity contribution in [3.63, 3.8) is 0 Å². The lowest BCUT2D eigenvalue weighted by molar-refractivity contribution is -1.21. The molecule has 1 N–H and O–H groups in total. The molecule has 3 rings (SSSR count). The third kappa shape index (κ3) is 2.25. The quantitative estimate of drug-likeness (QED) is 0.493. The van der Waals surface area contributed by atoms with Crippen LogP contribution in [0, 0.1) is 0 Å². The van der Waals surface area contributed by atoms with Crippen LogP contribution >= 0.6 is 11.8 Å². The number of fused-ring (bicyclic) bond motifs is 3. The molecular formula is C17H23N3O2S+2. The maximum absolute atomic E-state index is 5.70. The molecule has 1 saturated heterocycles. The zero-order chi connectivity index (χ0) is 16.8. The van der Waals surface area contributed by atoms with E-state index in [0.717, 1.165) is 21.2 Å². The van der Waals surface area contributed by atoms with Gasteiger partial charge in [-0.15, -0.1) is 4.57 Å². The Kier molecular flexibility index (Phi) is 4.10. The molecule has 1 aromatic heterocycles. The molecule has 5 nitrogen and oxygen atoms in total. The number of pyridine rings is 1. The van der Waals surface area contributed by atoms with Crippen LogP contribution in [0.4, 0.5) is 0 Å². The number of hydrogen-bond acceptors (Lipinski definition) is 4. The first-order valence-corrected chi connectivity index (χ1v) is 8.28. The molecule has 0 radical (unpaired) electrons. The third-order valence-electron chi connectivity index (χ3n) is 4.59. The average Bonchev–Trinajstić information content (AvgIpc) is 3.25. The van der Waals surface area contributed by atoms with Crippen molar-refractivity contribution in [1.82, 2.24) is 5.32 Å². The Bertz CT molecular complexity index is 710. The largest absolute Gasteiger partial charge is 0.408 e. The Morgan fingerprint density at radius 3 is 2.61 bits per heavy atom. The topological polar surface area (TPSA) is 34.4 Å². The minimum atomic E-state index is 0.107. The SMILES string of the molecule is C=C(NC)SC(=C)C1=C(C)[C@@H]2C([n+]3ccccc31)[N+]2(OC)OC. The number of hydrogen-bond donors (Lipinski definition) is 1. The third-order valence-corrected chi connectivity index (χ3v) is 5.49. The van der Waals surface area contributed by atoms with Gasteiger partial charge < -0.3 is 5.32 Å². The number of nitrogens with one attached hydrogen (secondary N) is 1. The molecule has 1 fully saturated rings. The van der Waals surface area contributed by atoms with Gasteiger partial charge in [-0.05, 0) is 13.0 Å². The normalized spacial score (nSPS) is 23.8. The summed E-state index contributed by atoms with van der Waals surface area (Å²) in [6, 6.07) is 6.32. The molecule has 6 heteroatoms. The van der Waals surface area contributed by atoms with Crippen LogP contribution in [0.1, 0.15) is 18.8 Å². The number of allylic oxidation sites excluding steroid dienone is 1. The van der Waals surface area contributed by atoms with E-state index in [-0.39, 0.29) is 17.0 Å². The molecule has 1 unspecified atom stereocenters. The van der Waals surface area contributed by atoms with E-state index in [9.17, 15) is 0 Å². The summed E-state index contributed by atoms with van der Waals surface area (Å²) in [7, 11) is 5.23. The van der Waals surface area contributed by atoms with Gasteiger partial charge in [-0.3, -0.25) is 0 Å². The van der Waals surface area contributed by atoms with E-state index in [0.29, 0.717) is 0 Å². The Morgan fingerprint density at radius 2 is 2.00 bits per heavy atom. The van der Waals surface area contributed by atoms with E-state index < -0.39 is 0 Å². The Morgan fingerprint density at radius 1 is 1.30 bits per heavy atom. The van der Waals surface area contributed by atoms with Crippen LogP contribution < -0.4 is 9.88 Å². The Labute approximate surface area is 141 Å². The molecule has 23 heavy (non-hydrogen) atoms. The summed E-state index contributed by atoms with van der Waals surface area (Å²) >= 11 is 1.55. The Hall–Kier alpha value is -1.60. The zero-order valence-corrected chi connectivity index (χ0v) is 14.8. The van der Waals surface area contributed by atoms with Crippen molar-refractivity contribution in [3.05, 3.63) is 58.8 Å². The van der Waals surface area contributed by atoms with E-state index in [1.807, 2.05) is 19.2 Å². The van der Waals surface area contributed by atoms with Crippen LogP contribution in [0.3, 0.4) is 0 Å². The second-order valence-electron chi connectivity index (χ2n) is 5.62. The Balaban J connectivity index is 2.10. The van der Waals surface area contributed by atoms with Gasteiger partial charge in [0.25, 0.3) is 0 Å². The van der Waals surface area contributed by atoms with Gasteiger partial charge in [0.1, 0.15) is 0 Å². The second-order valence-corrected chi connectivity index (χ2v) is 6.81. The fourth-order valence-electron chi connectivity index (χ4n) is 3.48. The first-order chi connectivity index (χ1) is 11.0. The lowest BCUT2D eigenvalue weighted by Crippen LogP contribution is -2.43. The fourth-order valence-corrected chi connectivity index (χ4v) is 4.25. The number of quaternary nitrogens is 1. The summed E-state index contributed by atoms with van der Waals surface area (Å²) in [6.07, 6.45) is 2.18. The lowest BCUT2D eigenvalue weighted by atomic mass is 9.98.